The molecule has 0 bridgehead atoms. The van der Waals surface area contributed by atoms with Crippen molar-refractivity contribution in [2.24, 2.45) is 5.92 Å². The van der Waals surface area contributed by atoms with Crippen molar-refractivity contribution in [1.82, 2.24) is 9.88 Å². The van der Waals surface area contributed by atoms with Crippen molar-refractivity contribution in [3.63, 3.8) is 0 Å². The number of benzene rings is 1. The van der Waals surface area contributed by atoms with Crippen molar-refractivity contribution >= 4 is 23.6 Å². The van der Waals surface area contributed by atoms with Gasteiger partial charge in [0, 0.05) is 19.5 Å². The number of ether oxygens (including phenoxy) is 3. The van der Waals surface area contributed by atoms with Crippen molar-refractivity contribution in [3.05, 3.63) is 47.7 Å². The Morgan fingerprint density at radius 1 is 1.26 bits per heavy atom. The summed E-state index contributed by atoms with van der Waals surface area (Å²) in [5, 5.41) is 0. The molecular weight excluding hydrogens is 445 g/mol. The van der Waals surface area contributed by atoms with Crippen molar-refractivity contribution < 1.29 is 33.0 Å². The zero-order valence-electron chi connectivity index (χ0n) is 19.1. The number of carbonyl (C=O) groups excluding carboxylic acids is 3. The summed E-state index contributed by atoms with van der Waals surface area (Å²) in [6.07, 6.45) is 1.72. The van der Waals surface area contributed by atoms with Gasteiger partial charge in [-0.2, -0.15) is 4.39 Å². The van der Waals surface area contributed by atoms with E-state index in [4.69, 9.17) is 19.9 Å². The number of fused-ring (bicyclic) bond motifs is 1. The third-order valence-electron chi connectivity index (χ3n) is 5.91. The second-order valence-corrected chi connectivity index (χ2v) is 8.55. The van der Waals surface area contributed by atoms with Gasteiger partial charge in [-0.25, -0.2) is 9.78 Å². The molecule has 2 aliphatic heterocycles. The monoisotopic (exact) mass is 471 g/mol. The first-order valence-corrected chi connectivity index (χ1v) is 11.0. The third kappa shape index (κ3) is 4.52. The van der Waals surface area contributed by atoms with Gasteiger partial charge in [-0.05, 0) is 54.7 Å². The summed E-state index contributed by atoms with van der Waals surface area (Å²) in [6.45, 7) is 4.74. The predicted octanol–water partition coefficient (Wildman–Crippen LogP) is 2.73. The van der Waals surface area contributed by atoms with E-state index in [0.717, 1.165) is 17.4 Å². The van der Waals surface area contributed by atoms with E-state index < -0.39 is 35.8 Å². The predicted molar refractivity (Wildman–Crippen MR) is 118 cm³/mol. The Kier molecular flexibility index (Phi) is 6.16. The van der Waals surface area contributed by atoms with Gasteiger partial charge in [0.05, 0.1) is 12.5 Å². The number of pyridine rings is 1. The molecule has 0 saturated carbocycles. The number of amides is 2. The quantitative estimate of drug-likeness (QED) is 0.483. The number of aromatic nitrogens is 1. The molecule has 1 fully saturated rings. The molecule has 2 amide bonds. The summed E-state index contributed by atoms with van der Waals surface area (Å²) in [5.41, 5.74) is 7.16. The largest absolute Gasteiger partial charge is 0.464 e. The van der Waals surface area contributed by atoms with Crippen LogP contribution in [0.4, 0.5) is 10.2 Å². The summed E-state index contributed by atoms with van der Waals surface area (Å²) < 4.78 is 29.3. The number of halogens is 1. The number of carbonyl (C=O) groups is 3. The second kappa shape index (κ2) is 8.92. The van der Waals surface area contributed by atoms with Crippen molar-refractivity contribution in [2.45, 2.75) is 51.6 Å². The zero-order valence-corrected chi connectivity index (χ0v) is 19.1. The highest BCUT2D eigenvalue weighted by molar-refractivity contribution is 6.08. The third-order valence-corrected chi connectivity index (χ3v) is 5.91. The molecule has 10 heteroatoms. The molecule has 2 aromatic rings. The number of nitrogens with two attached hydrogens (primary N) is 1. The number of likely N-dealkylation sites (tertiary alicyclic amines) is 1. The van der Waals surface area contributed by atoms with Crippen LogP contribution >= 0.6 is 0 Å². The topological polar surface area (TPSA) is 121 Å². The summed E-state index contributed by atoms with van der Waals surface area (Å²) in [7, 11) is 0. The molecule has 0 radical (unpaired) electrons. The number of nitrogen functional groups attached to an aromatic ring is 1. The highest BCUT2D eigenvalue weighted by Crippen LogP contribution is 2.42. The first kappa shape index (κ1) is 23.5. The Morgan fingerprint density at radius 3 is 2.71 bits per heavy atom. The summed E-state index contributed by atoms with van der Waals surface area (Å²) in [4.78, 5) is 43.5. The lowest BCUT2D eigenvalue weighted by atomic mass is 9.81. The average Bonchev–Trinajstić information content (AvgIpc) is 3.08. The molecular formula is C24H26FN3O6. The smallest absolute Gasteiger partial charge is 0.404 e. The first-order chi connectivity index (χ1) is 16.1. The van der Waals surface area contributed by atoms with Crippen LogP contribution in [0.5, 0.6) is 11.5 Å². The second-order valence-electron chi connectivity index (χ2n) is 8.55. The van der Waals surface area contributed by atoms with Crippen LogP contribution in [-0.2, 0) is 25.5 Å². The lowest BCUT2D eigenvalue weighted by Crippen LogP contribution is -2.67. The average molecular weight is 471 g/mol. The number of imide groups is 1. The molecule has 3 heterocycles. The number of β-lactam (4-membered cyclic amide) rings is 1. The van der Waals surface area contributed by atoms with E-state index in [9.17, 15) is 18.8 Å². The minimum Gasteiger partial charge on any atom is -0.464 e. The molecule has 0 spiro atoms. The van der Waals surface area contributed by atoms with Gasteiger partial charge >= 0.3 is 12.0 Å². The van der Waals surface area contributed by atoms with Gasteiger partial charge in [0.1, 0.15) is 11.9 Å². The molecule has 2 N–H and O–H groups in total. The first-order valence-electron chi connectivity index (χ1n) is 11.0. The Balaban J connectivity index is 1.48. The van der Waals surface area contributed by atoms with Gasteiger partial charge in [0.15, 0.2) is 11.5 Å². The van der Waals surface area contributed by atoms with Crippen LogP contribution in [0, 0.1) is 5.92 Å². The SMILES string of the molecule is CCOC(=O)[C@@H]1[C@@H](Cc2ccnc(N)c2)C(=O)N1C(=O)C[C@@H](C)c1ccc2c(c1)OC(C)(F)O2. The van der Waals surface area contributed by atoms with Crippen LogP contribution in [-0.4, -0.2) is 46.4 Å². The van der Waals surface area contributed by atoms with E-state index in [-0.39, 0.29) is 36.9 Å². The van der Waals surface area contributed by atoms with Crippen LogP contribution in [0.25, 0.3) is 0 Å². The zero-order chi connectivity index (χ0) is 24.6. The normalized spacial score (nSPS) is 23.9. The lowest BCUT2D eigenvalue weighted by molar-refractivity contribution is -0.179. The number of esters is 1. The minimum atomic E-state index is -2.24. The molecule has 1 aromatic carbocycles. The summed E-state index contributed by atoms with van der Waals surface area (Å²) >= 11 is 0. The van der Waals surface area contributed by atoms with Crippen LogP contribution in [0.2, 0.25) is 0 Å². The standard InChI is InChI=1S/C24H26FN3O6/c1-4-32-23(31)21-16(10-14-7-8-27-19(26)11-14)22(30)28(21)20(29)9-13(2)15-5-6-17-18(12-15)34-24(3,25)33-17/h5-8,11-13,16,21H,4,9-10H2,1-3H3,(H2,26,27)/t13-,16-,21+,24?/m1/s1. The van der Waals surface area contributed by atoms with E-state index in [1.807, 2.05) is 0 Å². The number of hydrogen-bond acceptors (Lipinski definition) is 8. The fourth-order valence-corrected chi connectivity index (χ4v) is 4.29. The summed E-state index contributed by atoms with van der Waals surface area (Å²) in [6, 6.07) is 4.97. The maximum atomic E-state index is 13.9. The van der Waals surface area contributed by atoms with Crippen LogP contribution in [0.3, 0.4) is 0 Å². The number of anilines is 1. The number of hydrogen-bond donors (Lipinski definition) is 1. The highest BCUT2D eigenvalue weighted by Gasteiger charge is 2.55. The van der Waals surface area contributed by atoms with Crippen LogP contribution in [0.1, 0.15) is 44.2 Å². The number of nitrogens with zero attached hydrogens (tertiary/aromatic N) is 2. The van der Waals surface area contributed by atoms with Gasteiger partial charge < -0.3 is 19.9 Å². The van der Waals surface area contributed by atoms with E-state index in [1.54, 1.807) is 44.2 Å². The summed E-state index contributed by atoms with van der Waals surface area (Å²) in [5.74, 6) is -1.81. The van der Waals surface area contributed by atoms with Gasteiger partial charge in [-0.3, -0.25) is 14.5 Å². The molecule has 9 nitrogen and oxygen atoms in total. The Labute approximate surface area is 196 Å². The fraction of sp³-hybridized carbons (Fsp3) is 0.417. The van der Waals surface area contributed by atoms with Gasteiger partial charge in [0.25, 0.3) is 0 Å². The molecule has 180 valence electrons. The highest BCUT2D eigenvalue weighted by atomic mass is 19.2. The van der Waals surface area contributed by atoms with E-state index >= 15 is 0 Å². The van der Waals surface area contributed by atoms with Gasteiger partial charge in [-0.1, -0.05) is 13.0 Å². The lowest BCUT2D eigenvalue weighted by Gasteiger charge is -2.44. The van der Waals surface area contributed by atoms with Crippen molar-refractivity contribution in [2.75, 3.05) is 12.3 Å². The van der Waals surface area contributed by atoms with Gasteiger partial charge in [-0.15, -0.1) is 0 Å². The Hall–Kier alpha value is -3.69. The van der Waals surface area contributed by atoms with E-state index in [2.05, 4.69) is 4.98 Å². The molecule has 1 aromatic heterocycles. The van der Waals surface area contributed by atoms with E-state index in [1.165, 1.54) is 6.20 Å². The van der Waals surface area contributed by atoms with Crippen molar-refractivity contribution in [1.29, 1.82) is 0 Å². The van der Waals surface area contributed by atoms with Gasteiger partial charge in [0.2, 0.25) is 11.8 Å². The molecule has 2 aliphatic rings. The number of alkyl halides is 1. The molecule has 4 atom stereocenters. The van der Waals surface area contributed by atoms with E-state index in [0.29, 0.717) is 11.4 Å². The van der Waals surface area contributed by atoms with Crippen LogP contribution < -0.4 is 15.2 Å². The number of rotatable bonds is 7. The van der Waals surface area contributed by atoms with Crippen molar-refractivity contribution in [3.8, 4) is 11.5 Å². The molecule has 1 unspecified atom stereocenters. The molecule has 4 rings (SSSR count). The van der Waals surface area contributed by atoms with Crippen LogP contribution in [0.15, 0.2) is 36.5 Å². The Morgan fingerprint density at radius 2 is 2.00 bits per heavy atom. The maximum absolute atomic E-state index is 13.9. The minimum absolute atomic E-state index is 0.0386. The maximum Gasteiger partial charge on any atom is 0.404 e. The Bertz CT molecular complexity index is 1140. The molecule has 1 saturated heterocycles. The molecule has 34 heavy (non-hydrogen) atoms. The molecule has 0 aliphatic carbocycles. The fourth-order valence-electron chi connectivity index (χ4n) is 4.29.